The average Bonchev–Trinajstić information content (AvgIpc) is 2.20. The maximum Gasteiger partial charge on any atom is 0.153 e. The van der Waals surface area contributed by atoms with Gasteiger partial charge in [0.1, 0.15) is 0 Å². The van der Waals surface area contributed by atoms with Crippen LogP contribution < -0.4 is 5.32 Å². The summed E-state index contributed by atoms with van der Waals surface area (Å²) in [6, 6.07) is 8.49. The highest BCUT2D eigenvalue weighted by molar-refractivity contribution is 6.35. The van der Waals surface area contributed by atoms with E-state index in [-0.39, 0.29) is 0 Å². The van der Waals surface area contributed by atoms with Crippen molar-refractivity contribution < 1.29 is 0 Å². The molecule has 0 aliphatic heterocycles. The first-order valence-electron chi connectivity index (χ1n) is 4.36. The first-order valence-corrected chi connectivity index (χ1v) is 5.49. The molecule has 0 fully saturated rings. The minimum atomic E-state index is 0.342. The summed E-state index contributed by atoms with van der Waals surface area (Å²) in [5.74, 6) is 0.572. The Morgan fingerprint density at radius 2 is 1.56 bits per heavy atom. The highest BCUT2D eigenvalue weighted by Gasteiger charge is 2.00. The highest BCUT2D eigenvalue weighted by Crippen LogP contribution is 2.24. The zero-order valence-electron chi connectivity index (χ0n) is 7.92. The summed E-state index contributed by atoms with van der Waals surface area (Å²) in [4.78, 5) is 0. The van der Waals surface area contributed by atoms with E-state index in [4.69, 9.17) is 34.8 Å². The van der Waals surface area contributed by atoms with Gasteiger partial charge in [0.15, 0.2) is 11.0 Å². The van der Waals surface area contributed by atoms with Crippen molar-refractivity contribution in [2.45, 2.75) is 0 Å². The van der Waals surface area contributed by atoms with E-state index in [1.165, 1.54) is 0 Å². The molecule has 0 saturated carbocycles. The van der Waals surface area contributed by atoms with Crippen molar-refractivity contribution in [3.05, 3.63) is 45.5 Å². The molecule has 82 valence electrons. The zero-order valence-corrected chi connectivity index (χ0v) is 10.2. The molecule has 0 saturated heterocycles. The Balaban J connectivity index is 2.23. The van der Waals surface area contributed by atoms with Crippen LogP contribution in [0.25, 0.3) is 0 Å². The number of aromatic nitrogens is 2. The average molecular weight is 275 g/mol. The fourth-order valence-corrected chi connectivity index (χ4v) is 1.78. The molecule has 2 rings (SSSR count). The van der Waals surface area contributed by atoms with Gasteiger partial charge < -0.3 is 5.32 Å². The van der Waals surface area contributed by atoms with Crippen molar-refractivity contribution in [3.63, 3.8) is 0 Å². The fourth-order valence-electron chi connectivity index (χ4n) is 1.16. The van der Waals surface area contributed by atoms with Crippen LogP contribution in [-0.2, 0) is 0 Å². The lowest BCUT2D eigenvalue weighted by Gasteiger charge is -2.05. The lowest BCUT2D eigenvalue weighted by molar-refractivity contribution is 1.04. The Morgan fingerprint density at radius 3 is 2.12 bits per heavy atom. The summed E-state index contributed by atoms with van der Waals surface area (Å²) in [7, 11) is 0. The maximum absolute atomic E-state index is 5.86. The SMILES string of the molecule is Clc1cc(Cl)cc(Nc2ccc(Cl)nn2)c1. The van der Waals surface area contributed by atoms with Gasteiger partial charge in [-0.25, -0.2) is 0 Å². The summed E-state index contributed by atoms with van der Waals surface area (Å²) < 4.78 is 0. The normalized spacial score (nSPS) is 10.2. The molecule has 6 heteroatoms. The Morgan fingerprint density at radius 1 is 0.875 bits per heavy atom. The Hall–Kier alpha value is -1.03. The number of benzene rings is 1. The van der Waals surface area contributed by atoms with E-state index < -0.39 is 0 Å². The molecule has 0 atom stereocenters. The van der Waals surface area contributed by atoms with Crippen LogP contribution in [0, 0.1) is 0 Å². The lowest BCUT2D eigenvalue weighted by atomic mass is 10.3. The van der Waals surface area contributed by atoms with Crippen LogP contribution in [0.2, 0.25) is 15.2 Å². The third kappa shape index (κ3) is 2.98. The molecule has 0 spiro atoms. The molecule has 2 aromatic rings. The number of nitrogens with zero attached hydrogens (tertiary/aromatic N) is 2. The van der Waals surface area contributed by atoms with Crippen LogP contribution in [-0.4, -0.2) is 10.2 Å². The van der Waals surface area contributed by atoms with Crippen LogP contribution in [0.5, 0.6) is 0 Å². The van der Waals surface area contributed by atoms with Crippen LogP contribution in [0.1, 0.15) is 0 Å². The molecular formula is C10H6Cl3N3. The third-order valence-electron chi connectivity index (χ3n) is 1.77. The van der Waals surface area contributed by atoms with Crippen molar-refractivity contribution in [2.24, 2.45) is 0 Å². The number of anilines is 2. The first kappa shape index (κ1) is 11.5. The molecule has 0 aliphatic rings. The van der Waals surface area contributed by atoms with E-state index in [9.17, 15) is 0 Å². The van der Waals surface area contributed by atoms with Gasteiger partial charge in [0.2, 0.25) is 0 Å². The third-order valence-corrected chi connectivity index (χ3v) is 2.40. The van der Waals surface area contributed by atoms with E-state index in [1.54, 1.807) is 30.3 Å². The molecule has 1 N–H and O–H groups in total. The van der Waals surface area contributed by atoms with Crippen molar-refractivity contribution in [1.82, 2.24) is 10.2 Å². The summed E-state index contributed by atoms with van der Waals surface area (Å²) >= 11 is 17.3. The van der Waals surface area contributed by atoms with Gasteiger partial charge in [-0.3, -0.25) is 0 Å². The van der Waals surface area contributed by atoms with Crippen molar-refractivity contribution in [1.29, 1.82) is 0 Å². The topological polar surface area (TPSA) is 37.8 Å². The lowest BCUT2D eigenvalue weighted by Crippen LogP contribution is -1.94. The van der Waals surface area contributed by atoms with Gasteiger partial charge >= 0.3 is 0 Å². The van der Waals surface area contributed by atoms with Gasteiger partial charge in [-0.2, -0.15) is 0 Å². The standard InChI is InChI=1S/C10H6Cl3N3/c11-6-3-7(12)5-8(4-6)14-10-2-1-9(13)15-16-10/h1-5H,(H,14,16). The second-order valence-corrected chi connectivity index (χ2v) is 4.28. The molecule has 0 bridgehead atoms. The van der Waals surface area contributed by atoms with Crippen LogP contribution in [0.3, 0.4) is 0 Å². The molecule has 1 aromatic carbocycles. The molecule has 0 radical (unpaired) electrons. The first-order chi connectivity index (χ1) is 7.63. The highest BCUT2D eigenvalue weighted by atomic mass is 35.5. The van der Waals surface area contributed by atoms with Crippen LogP contribution in [0.4, 0.5) is 11.5 Å². The van der Waals surface area contributed by atoms with E-state index in [2.05, 4.69) is 15.5 Å². The Kier molecular flexibility index (Phi) is 3.49. The van der Waals surface area contributed by atoms with Gasteiger partial charge in [0.05, 0.1) is 0 Å². The fraction of sp³-hybridized carbons (Fsp3) is 0. The quantitative estimate of drug-likeness (QED) is 0.892. The second kappa shape index (κ2) is 4.87. The maximum atomic E-state index is 5.86. The predicted octanol–water partition coefficient (Wildman–Crippen LogP) is 4.18. The molecule has 1 heterocycles. The minimum Gasteiger partial charge on any atom is -0.339 e. The molecule has 1 aromatic heterocycles. The number of rotatable bonds is 2. The summed E-state index contributed by atoms with van der Waals surface area (Å²) in [6.07, 6.45) is 0. The minimum absolute atomic E-state index is 0.342. The van der Waals surface area contributed by atoms with E-state index in [1.807, 2.05) is 0 Å². The van der Waals surface area contributed by atoms with Crippen molar-refractivity contribution in [3.8, 4) is 0 Å². The Bertz CT molecular complexity index is 479. The molecule has 0 unspecified atom stereocenters. The number of halogens is 3. The smallest absolute Gasteiger partial charge is 0.153 e. The van der Waals surface area contributed by atoms with Crippen LogP contribution in [0.15, 0.2) is 30.3 Å². The number of nitrogens with one attached hydrogen (secondary N) is 1. The summed E-state index contributed by atoms with van der Waals surface area (Å²) in [5, 5.41) is 12.0. The van der Waals surface area contributed by atoms with E-state index >= 15 is 0 Å². The molecule has 3 nitrogen and oxygen atoms in total. The molecule has 0 aliphatic carbocycles. The van der Waals surface area contributed by atoms with Crippen molar-refractivity contribution >= 4 is 46.3 Å². The van der Waals surface area contributed by atoms with E-state index in [0.29, 0.717) is 21.0 Å². The van der Waals surface area contributed by atoms with Crippen molar-refractivity contribution in [2.75, 3.05) is 5.32 Å². The van der Waals surface area contributed by atoms with Gasteiger partial charge in [-0.15, -0.1) is 10.2 Å². The van der Waals surface area contributed by atoms with Gasteiger partial charge in [0, 0.05) is 15.7 Å². The molecular weight excluding hydrogens is 268 g/mol. The number of hydrogen-bond acceptors (Lipinski definition) is 3. The number of hydrogen-bond donors (Lipinski definition) is 1. The Labute approximate surface area is 107 Å². The molecule has 0 amide bonds. The van der Waals surface area contributed by atoms with Gasteiger partial charge in [-0.1, -0.05) is 34.8 Å². The van der Waals surface area contributed by atoms with Gasteiger partial charge in [-0.05, 0) is 30.3 Å². The van der Waals surface area contributed by atoms with E-state index in [0.717, 1.165) is 5.69 Å². The van der Waals surface area contributed by atoms with Gasteiger partial charge in [0.25, 0.3) is 0 Å². The zero-order chi connectivity index (χ0) is 11.5. The second-order valence-electron chi connectivity index (χ2n) is 3.02. The van der Waals surface area contributed by atoms with Crippen LogP contribution >= 0.6 is 34.8 Å². The summed E-state index contributed by atoms with van der Waals surface area (Å²) in [6.45, 7) is 0. The predicted molar refractivity (Wildman–Crippen MR) is 66.8 cm³/mol. The summed E-state index contributed by atoms with van der Waals surface area (Å²) in [5.41, 5.74) is 0.745. The monoisotopic (exact) mass is 273 g/mol. The largest absolute Gasteiger partial charge is 0.339 e. The molecule has 16 heavy (non-hydrogen) atoms.